The first kappa shape index (κ1) is 29.0. The number of carbonyl (C=O) groups excluding carboxylic acids is 3. The highest BCUT2D eigenvalue weighted by atomic mass is 32.2. The first-order valence-electron chi connectivity index (χ1n) is 12.3. The summed E-state index contributed by atoms with van der Waals surface area (Å²) >= 11 is 3.61. The van der Waals surface area contributed by atoms with Crippen LogP contribution in [0.2, 0.25) is 0 Å². The number of methoxy groups -OCH3 is 2. The van der Waals surface area contributed by atoms with Gasteiger partial charge < -0.3 is 19.5 Å². The lowest BCUT2D eigenvalue weighted by Gasteiger charge is -2.12. The fourth-order valence-corrected chi connectivity index (χ4v) is 7.56. The predicted octanol–water partition coefficient (Wildman–Crippen LogP) is 4.21. The Kier molecular flexibility index (Phi) is 9.59. The number of hydrogen-bond donors (Lipinski definition) is 1. The van der Waals surface area contributed by atoms with Crippen molar-refractivity contribution in [2.75, 3.05) is 38.5 Å². The van der Waals surface area contributed by atoms with E-state index in [0.29, 0.717) is 20.9 Å². The molecule has 0 aliphatic heterocycles. The molecule has 0 saturated carbocycles. The van der Waals surface area contributed by atoms with Crippen LogP contribution in [0.3, 0.4) is 0 Å². The van der Waals surface area contributed by atoms with Crippen molar-refractivity contribution >= 4 is 67.5 Å². The highest BCUT2D eigenvalue weighted by Crippen LogP contribution is 2.36. The third-order valence-corrected chi connectivity index (χ3v) is 9.53. The molecule has 4 rings (SSSR count). The van der Waals surface area contributed by atoms with Crippen LogP contribution in [0, 0.1) is 6.92 Å². The van der Waals surface area contributed by atoms with Gasteiger partial charge in [-0.2, -0.15) is 0 Å². The number of esters is 2. The Morgan fingerprint density at radius 1 is 1.15 bits per heavy atom. The Morgan fingerprint density at radius 2 is 1.92 bits per heavy atom. The van der Waals surface area contributed by atoms with Crippen LogP contribution < -0.4 is 10.9 Å². The molecule has 13 heteroatoms. The lowest BCUT2D eigenvalue weighted by atomic mass is 9.97. The summed E-state index contributed by atoms with van der Waals surface area (Å²) < 4.78 is 16.5. The number of fused-ring (bicyclic) bond motifs is 3. The lowest BCUT2D eigenvalue weighted by molar-refractivity contribution is -0.113. The first-order chi connectivity index (χ1) is 18.8. The minimum Gasteiger partial charge on any atom is -0.465 e. The lowest BCUT2D eigenvalue weighted by Crippen LogP contribution is -2.24. The van der Waals surface area contributed by atoms with Crippen molar-refractivity contribution in [2.24, 2.45) is 0 Å². The van der Waals surface area contributed by atoms with E-state index in [1.807, 2.05) is 0 Å². The molecule has 0 unspecified atom stereocenters. The Hall–Kier alpha value is -3.00. The molecule has 39 heavy (non-hydrogen) atoms. The minimum atomic E-state index is -0.684. The van der Waals surface area contributed by atoms with E-state index in [2.05, 4.69) is 11.9 Å². The third-order valence-electron chi connectivity index (χ3n) is 6.18. The number of carbonyl (C=O) groups is 3. The van der Waals surface area contributed by atoms with Crippen molar-refractivity contribution in [3.05, 3.63) is 49.5 Å². The predicted molar refractivity (Wildman–Crippen MR) is 153 cm³/mol. The van der Waals surface area contributed by atoms with Gasteiger partial charge in [0.1, 0.15) is 21.3 Å². The number of hydrogen-bond acceptors (Lipinski definition) is 11. The van der Waals surface area contributed by atoms with Crippen molar-refractivity contribution in [1.29, 1.82) is 0 Å². The van der Waals surface area contributed by atoms with Crippen LogP contribution in [0.25, 0.3) is 10.2 Å². The number of anilines is 1. The molecule has 3 heterocycles. The molecule has 3 aromatic rings. The Balaban J connectivity index is 1.57. The van der Waals surface area contributed by atoms with Gasteiger partial charge in [0.15, 0.2) is 5.16 Å². The summed E-state index contributed by atoms with van der Waals surface area (Å²) in [4.78, 5) is 58.3. The van der Waals surface area contributed by atoms with E-state index < -0.39 is 17.8 Å². The maximum absolute atomic E-state index is 13.4. The molecule has 10 nitrogen and oxygen atoms in total. The smallest absolute Gasteiger partial charge is 0.348 e. The van der Waals surface area contributed by atoms with Gasteiger partial charge in [-0.25, -0.2) is 14.6 Å². The second-order valence-electron chi connectivity index (χ2n) is 8.71. The van der Waals surface area contributed by atoms with E-state index in [-0.39, 0.29) is 46.5 Å². The van der Waals surface area contributed by atoms with E-state index in [0.717, 1.165) is 54.3 Å². The summed E-state index contributed by atoms with van der Waals surface area (Å²) in [7, 11) is 2.71. The first-order valence-corrected chi connectivity index (χ1v) is 14.9. The van der Waals surface area contributed by atoms with Gasteiger partial charge >= 0.3 is 11.9 Å². The number of allylic oxidation sites excluding steroid dienone is 1. The molecule has 3 aromatic heterocycles. The second kappa shape index (κ2) is 12.9. The number of thiophene rings is 2. The van der Waals surface area contributed by atoms with Gasteiger partial charge in [0.2, 0.25) is 5.91 Å². The van der Waals surface area contributed by atoms with Gasteiger partial charge in [-0.3, -0.25) is 14.2 Å². The van der Waals surface area contributed by atoms with Crippen molar-refractivity contribution in [2.45, 2.75) is 44.3 Å². The number of thioether (sulfide) groups is 1. The van der Waals surface area contributed by atoms with Gasteiger partial charge in [0.25, 0.3) is 5.56 Å². The molecule has 0 radical (unpaired) electrons. The van der Waals surface area contributed by atoms with Crippen LogP contribution in [-0.4, -0.2) is 60.6 Å². The van der Waals surface area contributed by atoms with Gasteiger partial charge in [-0.1, -0.05) is 17.8 Å². The number of nitrogens with zero attached hydrogens (tertiary/aromatic N) is 2. The normalized spacial score (nSPS) is 12.7. The van der Waals surface area contributed by atoms with Crippen LogP contribution in [0.1, 0.15) is 48.9 Å². The summed E-state index contributed by atoms with van der Waals surface area (Å²) in [5.74, 6) is -1.82. The summed E-state index contributed by atoms with van der Waals surface area (Å²) in [6, 6.07) is 0. The zero-order valence-electron chi connectivity index (χ0n) is 21.9. The third kappa shape index (κ3) is 6.11. The van der Waals surface area contributed by atoms with Crippen molar-refractivity contribution in [3.8, 4) is 0 Å². The quantitative estimate of drug-likeness (QED) is 0.115. The Bertz CT molecular complexity index is 1490. The zero-order chi connectivity index (χ0) is 28.1. The highest BCUT2D eigenvalue weighted by molar-refractivity contribution is 7.99. The molecular formula is C26H29N3O7S3. The van der Waals surface area contributed by atoms with Crippen molar-refractivity contribution < 1.29 is 28.6 Å². The van der Waals surface area contributed by atoms with Gasteiger partial charge in [0, 0.05) is 18.5 Å². The van der Waals surface area contributed by atoms with Gasteiger partial charge in [-0.15, -0.1) is 29.3 Å². The molecule has 1 aliphatic carbocycles. The van der Waals surface area contributed by atoms with Crippen molar-refractivity contribution in [1.82, 2.24) is 9.55 Å². The van der Waals surface area contributed by atoms with Crippen LogP contribution >= 0.6 is 34.4 Å². The number of nitrogens with one attached hydrogen (secondary N) is 1. The van der Waals surface area contributed by atoms with Crippen LogP contribution in [0.15, 0.2) is 22.6 Å². The van der Waals surface area contributed by atoms with Crippen LogP contribution in [0.4, 0.5) is 5.00 Å². The van der Waals surface area contributed by atoms with Crippen LogP contribution in [-0.2, 0) is 38.4 Å². The maximum Gasteiger partial charge on any atom is 0.348 e. The minimum absolute atomic E-state index is 0.0511. The van der Waals surface area contributed by atoms with Gasteiger partial charge in [0.05, 0.1) is 30.4 Å². The molecule has 1 N–H and O–H groups in total. The average molecular weight is 592 g/mol. The van der Waals surface area contributed by atoms with E-state index >= 15 is 0 Å². The monoisotopic (exact) mass is 591 g/mol. The summed E-state index contributed by atoms with van der Waals surface area (Å²) in [6.07, 6.45) is 5.61. The number of aromatic nitrogens is 2. The molecule has 0 saturated heterocycles. The van der Waals surface area contributed by atoms with Crippen molar-refractivity contribution in [3.63, 3.8) is 0 Å². The largest absolute Gasteiger partial charge is 0.465 e. The summed E-state index contributed by atoms with van der Waals surface area (Å²) in [5, 5.41) is 3.99. The van der Waals surface area contributed by atoms with E-state index in [1.54, 1.807) is 24.3 Å². The molecule has 0 bridgehead atoms. The topological polar surface area (TPSA) is 126 Å². The number of rotatable bonds is 11. The second-order valence-corrected chi connectivity index (χ2v) is 11.8. The summed E-state index contributed by atoms with van der Waals surface area (Å²) in [6.45, 7) is 5.90. The van der Waals surface area contributed by atoms with E-state index in [4.69, 9.17) is 19.2 Å². The number of ether oxygens (including phenoxy) is 3. The van der Waals surface area contributed by atoms with E-state index in [1.165, 1.54) is 23.7 Å². The highest BCUT2D eigenvalue weighted by Gasteiger charge is 2.28. The molecule has 0 aromatic carbocycles. The van der Waals surface area contributed by atoms with Crippen LogP contribution in [0.5, 0.6) is 0 Å². The van der Waals surface area contributed by atoms with Gasteiger partial charge in [-0.05, 0) is 43.7 Å². The standard InChI is InChI=1S/C26H29N3O7S3/c1-5-10-29-23(31)19-15-8-6-7-9-16(15)38-22(19)28-26(29)37-13-17(30)27-21-18(24(32)35-4)14(2)20(39-21)25(33)36-12-11-34-3/h5H,1,6-13H2,2-4H3,(H,27,30). The fourth-order valence-electron chi connectivity index (χ4n) is 4.34. The number of amides is 1. The van der Waals surface area contributed by atoms with E-state index in [9.17, 15) is 19.2 Å². The molecule has 1 amide bonds. The maximum atomic E-state index is 13.4. The Labute approximate surface area is 237 Å². The fraction of sp³-hybridized carbons (Fsp3) is 0.423. The molecular weight excluding hydrogens is 563 g/mol. The molecule has 0 fully saturated rings. The SMILES string of the molecule is C=CCn1c(SCC(=O)Nc2sc(C(=O)OCCOC)c(C)c2C(=O)OC)nc2sc3c(c2c1=O)CCCC3. The molecule has 0 atom stereocenters. The Morgan fingerprint density at radius 3 is 2.64 bits per heavy atom. The molecule has 1 aliphatic rings. The summed E-state index contributed by atoms with van der Waals surface area (Å²) in [5.41, 5.74) is 1.42. The average Bonchev–Trinajstić information content (AvgIpc) is 3.46. The zero-order valence-corrected chi connectivity index (χ0v) is 24.4. The molecule has 0 spiro atoms. The number of aryl methyl sites for hydroxylation is 2. The molecule has 208 valence electrons.